The molecule has 1 aromatic carbocycles. The number of rotatable bonds is 2. The molecule has 0 spiro atoms. The minimum Gasteiger partial charge on any atom is -0.495 e. The molecular formula is C11H14N2O3. The van der Waals surface area contributed by atoms with E-state index in [0.717, 1.165) is 0 Å². The summed E-state index contributed by atoms with van der Waals surface area (Å²) in [4.78, 5) is 13.6. The van der Waals surface area contributed by atoms with E-state index in [0.29, 0.717) is 36.9 Å². The monoisotopic (exact) mass is 222 g/mol. The lowest BCUT2D eigenvalue weighted by molar-refractivity contribution is 0.0694. The Hall–Kier alpha value is -1.75. The Kier molecular flexibility index (Phi) is 2.96. The van der Waals surface area contributed by atoms with Gasteiger partial charge in [-0.25, -0.2) is 0 Å². The first-order valence-corrected chi connectivity index (χ1v) is 5.03. The molecule has 1 aromatic rings. The molecule has 2 rings (SSSR count). The number of amides is 1. The molecule has 0 unspecified atom stereocenters. The fraction of sp³-hybridized carbons (Fsp3) is 0.364. The maximum Gasteiger partial charge on any atom is 0.255 e. The van der Waals surface area contributed by atoms with Crippen LogP contribution < -0.4 is 10.5 Å². The first kappa shape index (κ1) is 10.8. The summed E-state index contributed by atoms with van der Waals surface area (Å²) in [5.74, 6) is 0.460. The Balaban J connectivity index is 2.22. The van der Waals surface area contributed by atoms with Crippen molar-refractivity contribution in [1.82, 2.24) is 4.90 Å². The van der Waals surface area contributed by atoms with E-state index < -0.39 is 0 Å². The molecule has 16 heavy (non-hydrogen) atoms. The topological polar surface area (TPSA) is 64.8 Å². The Morgan fingerprint density at radius 3 is 3.00 bits per heavy atom. The number of ether oxygens (including phenoxy) is 2. The lowest BCUT2D eigenvalue weighted by atomic mass is 10.1. The molecule has 1 saturated heterocycles. The molecule has 0 radical (unpaired) electrons. The number of carbonyl (C=O) groups excluding carboxylic acids is 1. The lowest BCUT2D eigenvalue weighted by Crippen LogP contribution is -2.28. The van der Waals surface area contributed by atoms with Gasteiger partial charge in [0.15, 0.2) is 0 Å². The SMILES string of the molecule is COc1cc(C(=O)N2CCOC2)ccc1N. The van der Waals surface area contributed by atoms with Crippen LogP contribution in [0.2, 0.25) is 0 Å². The number of hydrogen-bond donors (Lipinski definition) is 1. The molecule has 1 heterocycles. The average Bonchev–Trinajstić information content (AvgIpc) is 2.82. The van der Waals surface area contributed by atoms with Crippen LogP contribution in [-0.2, 0) is 4.74 Å². The van der Waals surface area contributed by atoms with Crippen molar-refractivity contribution < 1.29 is 14.3 Å². The van der Waals surface area contributed by atoms with E-state index in [4.69, 9.17) is 15.2 Å². The molecule has 1 fully saturated rings. The van der Waals surface area contributed by atoms with Crippen molar-refractivity contribution in [1.29, 1.82) is 0 Å². The van der Waals surface area contributed by atoms with Gasteiger partial charge in [-0.2, -0.15) is 0 Å². The second-order valence-electron chi connectivity index (χ2n) is 3.56. The van der Waals surface area contributed by atoms with Gasteiger partial charge in [0.05, 0.1) is 19.4 Å². The second kappa shape index (κ2) is 4.40. The Labute approximate surface area is 93.7 Å². The van der Waals surface area contributed by atoms with Crippen LogP contribution in [0, 0.1) is 0 Å². The Morgan fingerprint density at radius 1 is 1.56 bits per heavy atom. The summed E-state index contributed by atoms with van der Waals surface area (Å²) in [5, 5.41) is 0. The van der Waals surface area contributed by atoms with E-state index in [1.807, 2.05) is 0 Å². The number of benzene rings is 1. The molecular weight excluding hydrogens is 208 g/mol. The molecule has 2 N–H and O–H groups in total. The van der Waals surface area contributed by atoms with Gasteiger partial charge in [-0.15, -0.1) is 0 Å². The van der Waals surface area contributed by atoms with Gasteiger partial charge < -0.3 is 20.1 Å². The molecule has 86 valence electrons. The van der Waals surface area contributed by atoms with Crippen LogP contribution in [0.3, 0.4) is 0 Å². The predicted molar refractivity (Wildman–Crippen MR) is 59.3 cm³/mol. The average molecular weight is 222 g/mol. The van der Waals surface area contributed by atoms with Crippen molar-refractivity contribution in [2.45, 2.75) is 0 Å². The fourth-order valence-electron chi connectivity index (χ4n) is 1.60. The molecule has 1 amide bonds. The third kappa shape index (κ3) is 1.94. The zero-order valence-electron chi connectivity index (χ0n) is 9.10. The number of hydrogen-bond acceptors (Lipinski definition) is 4. The molecule has 0 aromatic heterocycles. The highest BCUT2D eigenvalue weighted by atomic mass is 16.5. The van der Waals surface area contributed by atoms with Crippen molar-refractivity contribution in [3.8, 4) is 5.75 Å². The quantitative estimate of drug-likeness (QED) is 0.748. The first-order valence-electron chi connectivity index (χ1n) is 5.03. The maximum atomic E-state index is 12.0. The van der Waals surface area contributed by atoms with Gasteiger partial charge in [-0.05, 0) is 18.2 Å². The van der Waals surface area contributed by atoms with Crippen LogP contribution >= 0.6 is 0 Å². The Bertz CT molecular complexity index is 400. The van der Waals surface area contributed by atoms with Crippen molar-refractivity contribution in [2.75, 3.05) is 32.7 Å². The third-order valence-electron chi connectivity index (χ3n) is 2.52. The molecule has 5 nitrogen and oxygen atoms in total. The van der Waals surface area contributed by atoms with E-state index in [9.17, 15) is 4.79 Å². The molecule has 1 aliphatic rings. The maximum absolute atomic E-state index is 12.0. The summed E-state index contributed by atoms with van der Waals surface area (Å²) in [6.45, 7) is 1.58. The third-order valence-corrected chi connectivity index (χ3v) is 2.52. The second-order valence-corrected chi connectivity index (χ2v) is 3.56. The van der Waals surface area contributed by atoms with Gasteiger partial charge in [-0.1, -0.05) is 0 Å². The molecule has 5 heteroatoms. The van der Waals surface area contributed by atoms with Gasteiger partial charge in [0, 0.05) is 12.1 Å². The number of nitrogens with zero attached hydrogens (tertiary/aromatic N) is 1. The van der Waals surface area contributed by atoms with E-state index >= 15 is 0 Å². The normalized spacial score (nSPS) is 15.2. The number of methoxy groups -OCH3 is 1. The molecule has 0 atom stereocenters. The van der Waals surface area contributed by atoms with E-state index in [1.54, 1.807) is 23.1 Å². The highest BCUT2D eigenvalue weighted by Crippen LogP contribution is 2.23. The van der Waals surface area contributed by atoms with Crippen LogP contribution in [0.15, 0.2) is 18.2 Å². The van der Waals surface area contributed by atoms with Crippen molar-refractivity contribution in [3.05, 3.63) is 23.8 Å². The zero-order chi connectivity index (χ0) is 11.5. The summed E-state index contributed by atoms with van der Waals surface area (Å²) in [6, 6.07) is 5.01. The largest absolute Gasteiger partial charge is 0.495 e. The Morgan fingerprint density at radius 2 is 2.38 bits per heavy atom. The number of anilines is 1. The van der Waals surface area contributed by atoms with Gasteiger partial charge in [0.2, 0.25) is 0 Å². The first-order chi connectivity index (χ1) is 7.72. The minimum absolute atomic E-state index is 0.0594. The summed E-state index contributed by atoms with van der Waals surface area (Å²) in [6.07, 6.45) is 0. The summed E-state index contributed by atoms with van der Waals surface area (Å²) < 4.78 is 10.2. The number of nitrogen functional groups attached to an aromatic ring is 1. The lowest BCUT2D eigenvalue weighted by Gasteiger charge is -2.14. The van der Waals surface area contributed by atoms with Gasteiger partial charge in [0.25, 0.3) is 5.91 Å². The van der Waals surface area contributed by atoms with Gasteiger partial charge in [0.1, 0.15) is 12.5 Å². The predicted octanol–water partition coefficient (Wildman–Crippen LogP) is 0.707. The van der Waals surface area contributed by atoms with Crippen LogP contribution in [0.5, 0.6) is 5.75 Å². The highest BCUT2D eigenvalue weighted by molar-refractivity contribution is 5.95. The van der Waals surface area contributed by atoms with Crippen LogP contribution in [-0.4, -0.2) is 37.8 Å². The van der Waals surface area contributed by atoms with Gasteiger partial charge >= 0.3 is 0 Å². The van der Waals surface area contributed by atoms with E-state index in [1.165, 1.54) is 7.11 Å². The molecule has 0 aliphatic carbocycles. The summed E-state index contributed by atoms with van der Waals surface area (Å²) in [7, 11) is 1.53. The summed E-state index contributed by atoms with van der Waals surface area (Å²) >= 11 is 0. The van der Waals surface area contributed by atoms with Crippen LogP contribution in [0.1, 0.15) is 10.4 Å². The molecule has 0 bridgehead atoms. The molecule has 0 saturated carbocycles. The van der Waals surface area contributed by atoms with Crippen molar-refractivity contribution in [2.24, 2.45) is 0 Å². The van der Waals surface area contributed by atoms with E-state index in [-0.39, 0.29) is 5.91 Å². The van der Waals surface area contributed by atoms with Gasteiger partial charge in [-0.3, -0.25) is 4.79 Å². The standard InChI is InChI=1S/C11H14N2O3/c1-15-10-6-8(2-3-9(10)12)11(14)13-4-5-16-7-13/h2-3,6H,4-5,7,12H2,1H3. The number of nitrogens with two attached hydrogens (primary N) is 1. The zero-order valence-corrected chi connectivity index (χ0v) is 9.10. The van der Waals surface area contributed by atoms with Crippen LogP contribution in [0.25, 0.3) is 0 Å². The number of carbonyl (C=O) groups is 1. The van der Waals surface area contributed by atoms with Crippen molar-refractivity contribution >= 4 is 11.6 Å². The van der Waals surface area contributed by atoms with Crippen LogP contribution in [0.4, 0.5) is 5.69 Å². The minimum atomic E-state index is -0.0594. The fourth-order valence-corrected chi connectivity index (χ4v) is 1.60. The highest BCUT2D eigenvalue weighted by Gasteiger charge is 2.20. The van der Waals surface area contributed by atoms with E-state index in [2.05, 4.69) is 0 Å². The molecule has 1 aliphatic heterocycles. The summed E-state index contributed by atoms with van der Waals surface area (Å²) in [5.41, 5.74) is 6.77. The smallest absolute Gasteiger partial charge is 0.255 e. The van der Waals surface area contributed by atoms with Crippen molar-refractivity contribution in [3.63, 3.8) is 0 Å².